The third kappa shape index (κ3) is 2.52. The summed E-state index contributed by atoms with van der Waals surface area (Å²) in [6.07, 6.45) is 1.31. The van der Waals surface area contributed by atoms with Crippen LogP contribution in [0, 0.1) is 0 Å². The Hall–Kier alpha value is 0.210. The highest BCUT2D eigenvalue weighted by Gasteiger charge is 2.14. The van der Waals surface area contributed by atoms with Gasteiger partial charge in [0.25, 0.3) is 0 Å². The second kappa shape index (κ2) is 4.09. The first kappa shape index (κ1) is 9.21. The first-order valence-corrected chi connectivity index (χ1v) is 3.18. The van der Waals surface area contributed by atoms with E-state index in [0.29, 0.717) is 0 Å². The zero-order chi connectivity index (χ0) is 5.98. The molecule has 0 spiro atoms. The van der Waals surface area contributed by atoms with E-state index in [1.54, 1.807) is 0 Å². The second-order valence-electron chi connectivity index (χ2n) is 2.61. The van der Waals surface area contributed by atoms with E-state index in [-0.39, 0.29) is 12.4 Å². The van der Waals surface area contributed by atoms with E-state index in [1.807, 2.05) is 0 Å². The van der Waals surface area contributed by atoms with Gasteiger partial charge in [0.05, 0.1) is 0 Å². The van der Waals surface area contributed by atoms with Crippen LogP contribution in [0.5, 0.6) is 0 Å². The third-order valence-corrected chi connectivity index (χ3v) is 1.76. The summed E-state index contributed by atoms with van der Waals surface area (Å²) in [5.74, 6) is 0. The third-order valence-electron chi connectivity index (χ3n) is 1.76. The van der Waals surface area contributed by atoms with Gasteiger partial charge in [0.15, 0.2) is 0 Å². The lowest BCUT2D eigenvalue weighted by molar-refractivity contribution is 0.313. The van der Waals surface area contributed by atoms with Crippen molar-refractivity contribution in [3.8, 4) is 0 Å². The molecule has 56 valence electrons. The predicted molar refractivity (Wildman–Crippen MR) is 42.2 cm³/mol. The van der Waals surface area contributed by atoms with Crippen LogP contribution in [-0.2, 0) is 0 Å². The Morgan fingerprint density at radius 3 is 2.33 bits per heavy atom. The fourth-order valence-corrected chi connectivity index (χ4v) is 1.08. The summed E-state index contributed by atoms with van der Waals surface area (Å²) in [6.45, 7) is 2.37. The van der Waals surface area contributed by atoms with E-state index in [1.165, 1.54) is 19.5 Å². The summed E-state index contributed by atoms with van der Waals surface area (Å²) in [5, 5.41) is 3.31. The van der Waals surface area contributed by atoms with Gasteiger partial charge in [-0.2, -0.15) is 0 Å². The molecule has 0 aromatic carbocycles. The minimum absolute atomic E-state index is 0. The average molecular weight is 151 g/mol. The number of halogens is 1. The summed E-state index contributed by atoms with van der Waals surface area (Å²) >= 11 is 0. The van der Waals surface area contributed by atoms with Crippen LogP contribution in [0.4, 0.5) is 0 Å². The van der Waals surface area contributed by atoms with Crippen LogP contribution >= 0.6 is 12.4 Å². The first-order chi connectivity index (χ1) is 3.80. The number of nitrogens with one attached hydrogen (secondary N) is 1. The van der Waals surface area contributed by atoms with Crippen LogP contribution in [-0.4, -0.2) is 38.1 Å². The van der Waals surface area contributed by atoms with Crippen molar-refractivity contribution < 1.29 is 0 Å². The number of rotatable bonds is 1. The maximum absolute atomic E-state index is 3.31. The Balaban J connectivity index is 0.000000640. The smallest absolute Gasteiger partial charge is 0.0226 e. The SMILES string of the molecule is CN(C)[C@@H]1CCNC1.Cl. The largest absolute Gasteiger partial charge is 0.315 e. The lowest BCUT2D eigenvalue weighted by Crippen LogP contribution is -2.29. The Labute approximate surface area is 63.0 Å². The van der Waals surface area contributed by atoms with Gasteiger partial charge < -0.3 is 10.2 Å². The molecular formula is C6H15ClN2. The number of nitrogens with zero attached hydrogens (tertiary/aromatic N) is 1. The minimum atomic E-state index is 0. The molecule has 0 radical (unpaired) electrons. The highest BCUT2D eigenvalue weighted by molar-refractivity contribution is 5.85. The van der Waals surface area contributed by atoms with Gasteiger partial charge in [0, 0.05) is 12.6 Å². The number of hydrogen-bond acceptors (Lipinski definition) is 2. The van der Waals surface area contributed by atoms with Gasteiger partial charge in [-0.3, -0.25) is 0 Å². The predicted octanol–water partition coefficient (Wildman–Crippen LogP) is 0.332. The highest BCUT2D eigenvalue weighted by Crippen LogP contribution is 2.01. The molecule has 0 aromatic rings. The maximum Gasteiger partial charge on any atom is 0.0226 e. The quantitative estimate of drug-likeness (QED) is 0.580. The number of hydrogen-bond donors (Lipinski definition) is 1. The molecule has 0 aliphatic carbocycles. The van der Waals surface area contributed by atoms with Gasteiger partial charge in [-0.1, -0.05) is 0 Å². The fraction of sp³-hybridized carbons (Fsp3) is 1.00. The van der Waals surface area contributed by atoms with Crippen molar-refractivity contribution in [1.29, 1.82) is 0 Å². The van der Waals surface area contributed by atoms with E-state index < -0.39 is 0 Å². The molecule has 2 nitrogen and oxygen atoms in total. The Bertz CT molecular complexity index is 69.5. The molecule has 3 heteroatoms. The van der Waals surface area contributed by atoms with Crippen LogP contribution in [0.15, 0.2) is 0 Å². The van der Waals surface area contributed by atoms with Crippen LogP contribution < -0.4 is 5.32 Å². The molecule has 1 heterocycles. The number of likely N-dealkylation sites (N-methyl/N-ethyl adjacent to an activating group) is 1. The molecular weight excluding hydrogens is 136 g/mol. The van der Waals surface area contributed by atoms with Crippen LogP contribution in [0.3, 0.4) is 0 Å². The maximum atomic E-state index is 3.31. The molecule has 0 bridgehead atoms. The Morgan fingerprint density at radius 2 is 2.11 bits per heavy atom. The van der Waals surface area contributed by atoms with Gasteiger partial charge in [0.2, 0.25) is 0 Å². The topological polar surface area (TPSA) is 15.3 Å². The standard InChI is InChI=1S/C6H14N2.ClH/c1-8(2)6-3-4-7-5-6;/h6-7H,3-5H2,1-2H3;1H/t6-;/m1./s1. The molecule has 1 rings (SSSR count). The van der Waals surface area contributed by atoms with Crippen LogP contribution in [0.2, 0.25) is 0 Å². The van der Waals surface area contributed by atoms with Crippen LogP contribution in [0.25, 0.3) is 0 Å². The summed E-state index contributed by atoms with van der Waals surface area (Å²) < 4.78 is 0. The molecule has 9 heavy (non-hydrogen) atoms. The Kier molecular flexibility index (Phi) is 4.19. The Morgan fingerprint density at radius 1 is 1.44 bits per heavy atom. The highest BCUT2D eigenvalue weighted by atomic mass is 35.5. The van der Waals surface area contributed by atoms with E-state index >= 15 is 0 Å². The van der Waals surface area contributed by atoms with Crippen molar-refractivity contribution in [3.63, 3.8) is 0 Å². The molecule has 1 saturated heterocycles. The van der Waals surface area contributed by atoms with E-state index in [0.717, 1.165) is 6.04 Å². The van der Waals surface area contributed by atoms with Gasteiger partial charge in [-0.15, -0.1) is 12.4 Å². The molecule has 0 saturated carbocycles. The van der Waals surface area contributed by atoms with Crippen molar-refractivity contribution in [2.75, 3.05) is 27.2 Å². The summed E-state index contributed by atoms with van der Waals surface area (Å²) in [4.78, 5) is 2.28. The van der Waals surface area contributed by atoms with E-state index in [2.05, 4.69) is 24.3 Å². The molecule has 0 aromatic heterocycles. The molecule has 1 aliphatic rings. The van der Waals surface area contributed by atoms with Crippen molar-refractivity contribution in [3.05, 3.63) is 0 Å². The fourth-order valence-electron chi connectivity index (χ4n) is 1.08. The van der Waals surface area contributed by atoms with Crippen LogP contribution in [0.1, 0.15) is 6.42 Å². The zero-order valence-corrected chi connectivity index (χ0v) is 6.87. The molecule has 1 aliphatic heterocycles. The average Bonchev–Trinajstić information content (AvgIpc) is 2.12. The van der Waals surface area contributed by atoms with Crippen molar-refractivity contribution in [2.24, 2.45) is 0 Å². The van der Waals surface area contributed by atoms with Crippen molar-refractivity contribution in [2.45, 2.75) is 12.5 Å². The van der Waals surface area contributed by atoms with Gasteiger partial charge in [-0.05, 0) is 27.1 Å². The lowest BCUT2D eigenvalue weighted by Gasteiger charge is -2.16. The molecule has 1 atom stereocenters. The second-order valence-corrected chi connectivity index (χ2v) is 2.61. The molecule has 0 amide bonds. The van der Waals surface area contributed by atoms with Gasteiger partial charge in [0.1, 0.15) is 0 Å². The first-order valence-electron chi connectivity index (χ1n) is 3.18. The molecule has 1 N–H and O–H groups in total. The molecule has 1 fully saturated rings. The van der Waals surface area contributed by atoms with Crippen molar-refractivity contribution >= 4 is 12.4 Å². The zero-order valence-electron chi connectivity index (χ0n) is 6.05. The summed E-state index contributed by atoms with van der Waals surface area (Å²) in [7, 11) is 4.27. The van der Waals surface area contributed by atoms with E-state index in [4.69, 9.17) is 0 Å². The normalized spacial score (nSPS) is 26.3. The minimum Gasteiger partial charge on any atom is -0.315 e. The van der Waals surface area contributed by atoms with Gasteiger partial charge >= 0.3 is 0 Å². The summed E-state index contributed by atoms with van der Waals surface area (Å²) in [5.41, 5.74) is 0. The molecule has 0 unspecified atom stereocenters. The van der Waals surface area contributed by atoms with E-state index in [9.17, 15) is 0 Å². The summed E-state index contributed by atoms with van der Waals surface area (Å²) in [6, 6.07) is 0.787. The van der Waals surface area contributed by atoms with Crippen molar-refractivity contribution in [1.82, 2.24) is 10.2 Å². The lowest BCUT2D eigenvalue weighted by atomic mass is 10.2. The van der Waals surface area contributed by atoms with Gasteiger partial charge in [-0.25, -0.2) is 0 Å². The monoisotopic (exact) mass is 150 g/mol.